The van der Waals surface area contributed by atoms with Crippen LogP contribution < -0.4 is 0 Å². The Balaban J connectivity index is 2.39. The zero-order chi connectivity index (χ0) is 12.5. The number of halogens is 2. The third-order valence-electron chi connectivity index (χ3n) is 3.62. The van der Waals surface area contributed by atoms with Gasteiger partial charge in [-0.3, -0.25) is 4.79 Å². The van der Waals surface area contributed by atoms with Crippen LogP contribution >= 0.6 is 23.6 Å². The molecule has 1 fully saturated rings. The molecule has 0 radical (unpaired) electrons. The molecule has 0 aromatic rings. The Bertz CT molecular complexity index is 209. The number of hydrogen-bond acceptors (Lipinski definition) is 1. The van der Waals surface area contributed by atoms with Crippen LogP contribution in [0.5, 0.6) is 0 Å². The Hall–Kier alpha value is 0.0500. The van der Waals surface area contributed by atoms with Crippen molar-refractivity contribution in [3.05, 3.63) is 0 Å². The molecule has 1 amide bonds. The largest absolute Gasteiger partial charge is 0.272 e. The highest BCUT2D eigenvalue weighted by Crippen LogP contribution is 2.24. The van der Waals surface area contributed by atoms with Crippen LogP contribution in [0.4, 0.5) is 0 Å². The molecule has 1 saturated carbocycles. The van der Waals surface area contributed by atoms with Crippen molar-refractivity contribution in [2.45, 2.75) is 70.6 Å². The Labute approximate surface area is 115 Å². The summed E-state index contributed by atoms with van der Waals surface area (Å²) in [5.41, 5.74) is 0. The number of carbonyl (C=O) groups excluding carboxylic acids is 1. The lowest BCUT2D eigenvalue weighted by molar-refractivity contribution is -0.128. The zero-order valence-electron chi connectivity index (χ0n) is 10.5. The normalized spacial score (nSPS) is 21.3. The number of nitrogens with zero attached hydrogens (tertiary/aromatic N) is 1. The first-order valence-corrected chi connectivity index (χ1v) is 7.55. The van der Waals surface area contributed by atoms with Gasteiger partial charge in [-0.15, -0.1) is 0 Å². The summed E-state index contributed by atoms with van der Waals surface area (Å²) in [4.78, 5) is 11.8. The highest BCUT2D eigenvalue weighted by atomic mass is 35.5. The molecule has 1 rings (SSSR count). The highest BCUT2D eigenvalue weighted by molar-refractivity contribution is 6.41. The average molecular weight is 280 g/mol. The van der Waals surface area contributed by atoms with Gasteiger partial charge in [-0.2, -0.15) is 3.94 Å². The Morgan fingerprint density at radius 3 is 1.47 bits per heavy atom. The molecule has 0 saturated heterocycles. The van der Waals surface area contributed by atoms with Gasteiger partial charge in [0.2, 0.25) is 0 Å². The van der Waals surface area contributed by atoms with Gasteiger partial charge < -0.3 is 0 Å². The fourth-order valence-corrected chi connectivity index (χ4v) is 2.82. The van der Waals surface area contributed by atoms with Gasteiger partial charge >= 0.3 is 0 Å². The third kappa shape index (κ3) is 6.52. The predicted octanol–water partition coefficient (Wildman–Crippen LogP) is 5.04. The van der Waals surface area contributed by atoms with E-state index >= 15 is 0 Å². The van der Waals surface area contributed by atoms with Crippen LogP contribution in [0.1, 0.15) is 70.6 Å². The van der Waals surface area contributed by atoms with Crippen molar-refractivity contribution in [3.63, 3.8) is 0 Å². The van der Waals surface area contributed by atoms with Gasteiger partial charge in [0.25, 0.3) is 5.91 Å². The summed E-state index contributed by atoms with van der Waals surface area (Å²) in [6.45, 7) is 0. The van der Waals surface area contributed by atoms with Crippen molar-refractivity contribution in [2.75, 3.05) is 0 Å². The van der Waals surface area contributed by atoms with Gasteiger partial charge in [0.15, 0.2) is 0 Å². The van der Waals surface area contributed by atoms with E-state index in [-0.39, 0.29) is 11.8 Å². The highest BCUT2D eigenvalue weighted by Gasteiger charge is 2.21. The molecule has 0 unspecified atom stereocenters. The van der Waals surface area contributed by atoms with E-state index < -0.39 is 0 Å². The van der Waals surface area contributed by atoms with Crippen molar-refractivity contribution in [2.24, 2.45) is 5.92 Å². The molecule has 0 spiro atoms. The number of rotatable bonds is 1. The smallest absolute Gasteiger partial charge is 0.255 e. The standard InChI is InChI=1S/C13H23Cl2NO/c14-16(15)13(17)12-10-8-6-4-2-1-3-5-7-9-11-12/h12H,1-11H2. The van der Waals surface area contributed by atoms with Crippen LogP contribution in [0.25, 0.3) is 0 Å². The molecule has 0 N–H and O–H groups in total. The Morgan fingerprint density at radius 2 is 1.12 bits per heavy atom. The third-order valence-corrected chi connectivity index (χ3v) is 3.95. The minimum atomic E-state index is -0.120. The lowest BCUT2D eigenvalue weighted by atomic mass is 9.92. The fraction of sp³-hybridized carbons (Fsp3) is 0.923. The van der Waals surface area contributed by atoms with Crippen molar-refractivity contribution in [1.29, 1.82) is 0 Å². The van der Waals surface area contributed by atoms with Crippen molar-refractivity contribution in [1.82, 2.24) is 3.94 Å². The second-order valence-electron chi connectivity index (χ2n) is 5.03. The first-order valence-electron chi connectivity index (χ1n) is 6.87. The van der Waals surface area contributed by atoms with E-state index in [1.54, 1.807) is 0 Å². The van der Waals surface area contributed by atoms with Crippen LogP contribution in [0, 0.1) is 5.92 Å². The van der Waals surface area contributed by atoms with Crippen molar-refractivity contribution < 1.29 is 4.79 Å². The molecule has 0 aromatic carbocycles. The Morgan fingerprint density at radius 1 is 0.765 bits per heavy atom. The summed E-state index contributed by atoms with van der Waals surface area (Å²) in [5, 5.41) is 0. The van der Waals surface area contributed by atoms with E-state index in [0.29, 0.717) is 0 Å². The average Bonchev–Trinajstić information content (AvgIpc) is 2.29. The number of amides is 1. The van der Waals surface area contributed by atoms with E-state index in [2.05, 4.69) is 0 Å². The second kappa shape index (κ2) is 9.04. The van der Waals surface area contributed by atoms with Crippen LogP contribution in [-0.2, 0) is 4.79 Å². The van der Waals surface area contributed by atoms with E-state index in [9.17, 15) is 4.79 Å². The molecule has 1 aliphatic carbocycles. The monoisotopic (exact) mass is 279 g/mol. The van der Waals surface area contributed by atoms with E-state index in [0.717, 1.165) is 29.6 Å². The van der Waals surface area contributed by atoms with Crippen molar-refractivity contribution in [3.8, 4) is 0 Å². The first kappa shape index (κ1) is 15.1. The van der Waals surface area contributed by atoms with Gasteiger partial charge in [0, 0.05) is 29.5 Å². The van der Waals surface area contributed by atoms with Crippen LogP contribution in [0.3, 0.4) is 0 Å². The number of carbonyl (C=O) groups is 1. The van der Waals surface area contributed by atoms with E-state index in [1.807, 2.05) is 0 Å². The second-order valence-corrected chi connectivity index (χ2v) is 5.88. The maximum Gasteiger partial charge on any atom is 0.255 e. The molecular formula is C13H23Cl2NO. The molecule has 2 nitrogen and oxygen atoms in total. The SMILES string of the molecule is O=C(C1CCCCCCCCCCC1)N(Cl)Cl. The maximum atomic E-state index is 11.8. The van der Waals surface area contributed by atoms with Gasteiger partial charge in [-0.05, 0) is 12.8 Å². The zero-order valence-corrected chi connectivity index (χ0v) is 12.0. The minimum Gasteiger partial charge on any atom is -0.272 e. The van der Waals surface area contributed by atoms with Gasteiger partial charge in [-0.1, -0.05) is 57.8 Å². The van der Waals surface area contributed by atoms with E-state index in [1.165, 1.54) is 44.9 Å². The van der Waals surface area contributed by atoms with Crippen LogP contribution in [-0.4, -0.2) is 9.85 Å². The molecule has 4 heteroatoms. The van der Waals surface area contributed by atoms with Gasteiger partial charge in [0.1, 0.15) is 0 Å². The fourth-order valence-electron chi connectivity index (χ4n) is 2.55. The molecule has 17 heavy (non-hydrogen) atoms. The quantitative estimate of drug-likeness (QED) is 0.616. The summed E-state index contributed by atoms with van der Waals surface area (Å²) in [6, 6.07) is 0. The molecule has 0 heterocycles. The summed E-state index contributed by atoms with van der Waals surface area (Å²) in [7, 11) is 0. The summed E-state index contributed by atoms with van der Waals surface area (Å²) in [6.07, 6.45) is 13.2. The maximum absolute atomic E-state index is 11.8. The predicted molar refractivity (Wildman–Crippen MR) is 72.8 cm³/mol. The summed E-state index contributed by atoms with van der Waals surface area (Å²) < 4.78 is 0.719. The Kier molecular flexibility index (Phi) is 8.04. The lowest BCUT2D eigenvalue weighted by Gasteiger charge is -2.17. The summed E-state index contributed by atoms with van der Waals surface area (Å²) in [5.74, 6) is -0.0881. The minimum absolute atomic E-state index is 0.0319. The molecule has 0 aliphatic heterocycles. The molecule has 0 atom stereocenters. The van der Waals surface area contributed by atoms with Gasteiger partial charge in [-0.25, -0.2) is 0 Å². The molecule has 100 valence electrons. The molecular weight excluding hydrogens is 257 g/mol. The van der Waals surface area contributed by atoms with Gasteiger partial charge in [0.05, 0.1) is 0 Å². The number of hydrogen-bond donors (Lipinski definition) is 0. The summed E-state index contributed by atoms with van der Waals surface area (Å²) >= 11 is 11.1. The molecule has 0 bridgehead atoms. The molecule has 0 aromatic heterocycles. The van der Waals surface area contributed by atoms with Crippen molar-refractivity contribution >= 4 is 29.5 Å². The lowest BCUT2D eigenvalue weighted by Crippen LogP contribution is -2.22. The molecule has 1 aliphatic rings. The topological polar surface area (TPSA) is 20.3 Å². The first-order chi connectivity index (χ1) is 8.22. The van der Waals surface area contributed by atoms with E-state index in [4.69, 9.17) is 23.6 Å². The van der Waals surface area contributed by atoms with Crippen LogP contribution in [0.15, 0.2) is 0 Å². The van der Waals surface area contributed by atoms with Crippen LogP contribution in [0.2, 0.25) is 0 Å².